The first-order valence-corrected chi connectivity index (χ1v) is 11.6. The molecule has 6 nitrogen and oxygen atoms in total. The number of hydrogen-bond donors (Lipinski definition) is 0. The Morgan fingerprint density at radius 3 is 2.51 bits per heavy atom. The maximum Gasteiger partial charge on any atom is 0.410 e. The van der Waals surface area contributed by atoms with Gasteiger partial charge < -0.3 is 19.1 Å². The first kappa shape index (κ1) is 24.3. The second-order valence-corrected chi connectivity index (χ2v) is 8.32. The zero-order valence-electron chi connectivity index (χ0n) is 19.9. The van der Waals surface area contributed by atoms with Crippen LogP contribution >= 0.6 is 0 Å². The largest absolute Gasteiger partial charge is 0.496 e. The highest BCUT2D eigenvalue weighted by Crippen LogP contribution is 2.37. The number of hydrogen-bond acceptors (Lipinski definition) is 5. The van der Waals surface area contributed by atoms with Gasteiger partial charge in [0.1, 0.15) is 18.2 Å². The molecule has 0 unspecified atom stereocenters. The van der Waals surface area contributed by atoms with Gasteiger partial charge in [0.15, 0.2) is 0 Å². The summed E-state index contributed by atoms with van der Waals surface area (Å²) in [5, 5.41) is 0. The van der Waals surface area contributed by atoms with E-state index >= 15 is 0 Å². The summed E-state index contributed by atoms with van der Waals surface area (Å²) in [6.45, 7) is 2.96. The van der Waals surface area contributed by atoms with Crippen LogP contribution in [0.15, 0.2) is 60.7 Å². The quantitative estimate of drug-likeness (QED) is 0.432. The highest BCUT2D eigenvalue weighted by molar-refractivity contribution is 5.79. The minimum Gasteiger partial charge on any atom is -0.496 e. The fourth-order valence-corrected chi connectivity index (χ4v) is 4.29. The molecule has 0 bridgehead atoms. The molecule has 1 heterocycles. The summed E-state index contributed by atoms with van der Waals surface area (Å²) in [7, 11) is 1.54. The van der Waals surface area contributed by atoms with Crippen LogP contribution in [0.5, 0.6) is 5.75 Å². The molecule has 182 valence electrons. The Hall–Kier alpha value is -3.87. The number of amides is 1. The highest BCUT2D eigenvalue weighted by atomic mass is 19.1. The van der Waals surface area contributed by atoms with Crippen molar-refractivity contribution in [2.24, 2.45) is 0 Å². The molecule has 0 spiro atoms. The molecule has 35 heavy (non-hydrogen) atoms. The number of rotatable bonds is 7. The van der Waals surface area contributed by atoms with E-state index in [2.05, 4.69) is 0 Å². The van der Waals surface area contributed by atoms with Crippen molar-refractivity contribution in [1.29, 1.82) is 0 Å². The number of halogens is 1. The first-order valence-electron chi connectivity index (χ1n) is 11.6. The molecule has 0 saturated heterocycles. The number of carbonyl (C=O) groups excluding carboxylic acids is 2. The van der Waals surface area contributed by atoms with Crippen molar-refractivity contribution < 1.29 is 28.2 Å². The second kappa shape index (κ2) is 11.0. The summed E-state index contributed by atoms with van der Waals surface area (Å²) >= 11 is 0. The van der Waals surface area contributed by atoms with E-state index in [1.165, 1.54) is 12.1 Å². The third-order valence-corrected chi connectivity index (χ3v) is 5.98. The lowest BCUT2D eigenvalue weighted by Crippen LogP contribution is -2.36. The van der Waals surface area contributed by atoms with E-state index in [-0.39, 0.29) is 31.4 Å². The zero-order chi connectivity index (χ0) is 24.8. The maximum absolute atomic E-state index is 14.6. The summed E-state index contributed by atoms with van der Waals surface area (Å²) in [4.78, 5) is 26.4. The van der Waals surface area contributed by atoms with Crippen LogP contribution in [0.4, 0.5) is 9.18 Å². The van der Waals surface area contributed by atoms with Crippen LogP contribution < -0.4 is 4.74 Å². The maximum atomic E-state index is 14.6. The van der Waals surface area contributed by atoms with Gasteiger partial charge in [-0.1, -0.05) is 36.4 Å². The molecule has 1 aliphatic heterocycles. The Morgan fingerprint density at radius 2 is 1.77 bits per heavy atom. The van der Waals surface area contributed by atoms with Crippen molar-refractivity contribution in [3.63, 3.8) is 0 Å². The number of benzene rings is 3. The monoisotopic (exact) mass is 477 g/mol. The van der Waals surface area contributed by atoms with E-state index in [1.807, 2.05) is 36.4 Å². The van der Waals surface area contributed by atoms with Gasteiger partial charge in [0, 0.05) is 18.7 Å². The standard InChI is InChI=1S/C28H28FNO5/c1-3-34-27(31)14-20-9-10-26(33-2)24(13-20)23-16-22(29)15-21-11-12-30(17-25(21)23)28(32)35-18-19-7-5-4-6-8-19/h4-10,13,15-16H,3,11-12,14,17-18H2,1-2H3. The molecule has 1 aliphatic rings. The number of ether oxygens (including phenoxy) is 3. The summed E-state index contributed by atoms with van der Waals surface area (Å²) in [6, 6.07) is 17.8. The van der Waals surface area contributed by atoms with Crippen LogP contribution in [0.2, 0.25) is 0 Å². The van der Waals surface area contributed by atoms with Crippen molar-refractivity contribution in [1.82, 2.24) is 4.90 Å². The average molecular weight is 478 g/mol. The highest BCUT2D eigenvalue weighted by Gasteiger charge is 2.26. The molecule has 0 saturated carbocycles. The van der Waals surface area contributed by atoms with Crippen molar-refractivity contribution >= 4 is 12.1 Å². The van der Waals surface area contributed by atoms with Gasteiger partial charge in [-0.2, -0.15) is 0 Å². The second-order valence-electron chi connectivity index (χ2n) is 8.32. The third kappa shape index (κ3) is 5.80. The normalized spacial score (nSPS) is 12.6. The van der Waals surface area contributed by atoms with Gasteiger partial charge in [0.05, 0.1) is 20.1 Å². The van der Waals surface area contributed by atoms with E-state index < -0.39 is 6.09 Å². The van der Waals surface area contributed by atoms with Crippen LogP contribution in [0.3, 0.4) is 0 Å². The van der Waals surface area contributed by atoms with E-state index in [1.54, 1.807) is 31.1 Å². The van der Waals surface area contributed by atoms with E-state index in [0.29, 0.717) is 36.4 Å². The van der Waals surface area contributed by atoms with Gasteiger partial charge in [0.2, 0.25) is 0 Å². The van der Waals surface area contributed by atoms with Gasteiger partial charge in [-0.25, -0.2) is 9.18 Å². The van der Waals surface area contributed by atoms with Gasteiger partial charge in [-0.15, -0.1) is 0 Å². The molecule has 3 aromatic carbocycles. The van der Waals surface area contributed by atoms with Gasteiger partial charge in [0.25, 0.3) is 0 Å². The molecule has 1 amide bonds. The SMILES string of the molecule is CCOC(=O)Cc1ccc(OC)c(-c2cc(F)cc3c2CN(C(=O)OCc2ccccc2)CC3)c1. The Morgan fingerprint density at radius 1 is 0.971 bits per heavy atom. The smallest absolute Gasteiger partial charge is 0.410 e. The first-order chi connectivity index (χ1) is 17.0. The third-order valence-electron chi connectivity index (χ3n) is 5.98. The lowest BCUT2D eigenvalue weighted by atomic mass is 9.89. The molecule has 0 fully saturated rings. The molecule has 0 N–H and O–H groups in total. The summed E-state index contributed by atoms with van der Waals surface area (Å²) in [6.07, 6.45) is 0.184. The Balaban J connectivity index is 1.62. The molecule has 0 atom stereocenters. The number of fused-ring (bicyclic) bond motifs is 1. The molecular weight excluding hydrogens is 449 g/mol. The van der Waals surface area contributed by atoms with Gasteiger partial charge >= 0.3 is 12.1 Å². The minimum absolute atomic E-state index is 0.0975. The molecular formula is C28H28FNO5. The van der Waals surface area contributed by atoms with Crippen LogP contribution in [0.1, 0.15) is 29.2 Å². The molecule has 0 aliphatic carbocycles. The topological polar surface area (TPSA) is 65.1 Å². The van der Waals surface area contributed by atoms with Crippen LogP contribution in [0.25, 0.3) is 11.1 Å². The fourth-order valence-electron chi connectivity index (χ4n) is 4.29. The zero-order valence-corrected chi connectivity index (χ0v) is 19.9. The lowest BCUT2D eigenvalue weighted by molar-refractivity contribution is -0.142. The van der Waals surface area contributed by atoms with E-state index in [4.69, 9.17) is 14.2 Å². The molecule has 3 aromatic rings. The predicted molar refractivity (Wildman–Crippen MR) is 129 cm³/mol. The van der Waals surface area contributed by atoms with Gasteiger partial charge in [-0.05, 0) is 65.4 Å². The number of methoxy groups -OCH3 is 1. The summed E-state index contributed by atoms with van der Waals surface area (Å²) in [5.74, 6) is -0.150. The molecule has 4 rings (SSSR count). The van der Waals surface area contributed by atoms with Crippen molar-refractivity contribution in [2.45, 2.75) is 32.9 Å². The summed E-state index contributed by atoms with van der Waals surface area (Å²) < 4.78 is 30.8. The predicted octanol–water partition coefficient (Wildman–Crippen LogP) is 5.30. The Bertz CT molecular complexity index is 1210. The van der Waals surface area contributed by atoms with Gasteiger partial charge in [-0.3, -0.25) is 4.79 Å². The van der Waals surface area contributed by atoms with Crippen LogP contribution in [0, 0.1) is 5.82 Å². The lowest BCUT2D eigenvalue weighted by Gasteiger charge is -2.30. The van der Waals surface area contributed by atoms with E-state index in [9.17, 15) is 14.0 Å². The molecule has 0 radical (unpaired) electrons. The van der Waals surface area contributed by atoms with Crippen molar-refractivity contribution in [3.05, 3.63) is 88.7 Å². The molecule has 0 aromatic heterocycles. The van der Waals surface area contributed by atoms with Crippen LogP contribution in [-0.4, -0.2) is 37.2 Å². The average Bonchev–Trinajstić information content (AvgIpc) is 2.87. The Labute approximate surface area is 204 Å². The minimum atomic E-state index is -0.419. The van der Waals surface area contributed by atoms with Crippen molar-refractivity contribution in [3.8, 4) is 16.9 Å². The van der Waals surface area contributed by atoms with Crippen LogP contribution in [-0.2, 0) is 40.3 Å². The van der Waals surface area contributed by atoms with E-state index in [0.717, 1.165) is 22.3 Å². The molecule has 7 heteroatoms. The fraction of sp³-hybridized carbons (Fsp3) is 0.286. The van der Waals surface area contributed by atoms with Crippen molar-refractivity contribution in [2.75, 3.05) is 20.3 Å². The Kier molecular flexibility index (Phi) is 7.65. The number of esters is 1. The number of carbonyl (C=O) groups is 2. The number of nitrogens with zero attached hydrogens (tertiary/aromatic N) is 1. The summed E-state index contributed by atoms with van der Waals surface area (Å²) in [5.41, 5.74) is 4.59.